The standard InChI is InChI=1S/C15H14F2N2OS/c16-11-4-9(5-12(17)7-11)6-13-8-18-15(21-13)19-14(20)10-2-1-3-10/h4-5,7-8,10H,1-3,6H2,(H,18,19,20). The minimum atomic E-state index is -0.590. The van der Waals surface area contributed by atoms with Gasteiger partial charge in [-0.2, -0.15) is 0 Å². The van der Waals surface area contributed by atoms with E-state index in [1.54, 1.807) is 6.20 Å². The van der Waals surface area contributed by atoms with Crippen molar-refractivity contribution in [2.24, 2.45) is 5.92 Å². The summed E-state index contributed by atoms with van der Waals surface area (Å²) in [5, 5.41) is 3.33. The summed E-state index contributed by atoms with van der Waals surface area (Å²) in [7, 11) is 0. The van der Waals surface area contributed by atoms with Crippen molar-refractivity contribution in [3.63, 3.8) is 0 Å². The molecule has 6 heteroatoms. The van der Waals surface area contributed by atoms with Crippen molar-refractivity contribution in [2.45, 2.75) is 25.7 Å². The van der Waals surface area contributed by atoms with E-state index in [4.69, 9.17) is 0 Å². The largest absolute Gasteiger partial charge is 0.302 e. The lowest BCUT2D eigenvalue weighted by Gasteiger charge is -2.23. The fourth-order valence-corrected chi connectivity index (χ4v) is 3.09. The van der Waals surface area contributed by atoms with Crippen LogP contribution in [-0.2, 0) is 11.2 Å². The Morgan fingerprint density at radius 3 is 2.62 bits per heavy atom. The molecular weight excluding hydrogens is 294 g/mol. The van der Waals surface area contributed by atoms with Crippen molar-refractivity contribution >= 4 is 22.4 Å². The van der Waals surface area contributed by atoms with Crippen LogP contribution >= 0.6 is 11.3 Å². The Bertz CT molecular complexity index is 647. The van der Waals surface area contributed by atoms with Gasteiger partial charge in [0.1, 0.15) is 11.6 Å². The maximum atomic E-state index is 13.1. The number of thiazole rings is 1. The van der Waals surface area contributed by atoms with Gasteiger partial charge in [0, 0.05) is 29.5 Å². The Morgan fingerprint density at radius 1 is 1.29 bits per heavy atom. The van der Waals surface area contributed by atoms with Crippen molar-refractivity contribution in [1.29, 1.82) is 0 Å². The molecule has 3 rings (SSSR count). The van der Waals surface area contributed by atoms with E-state index in [-0.39, 0.29) is 11.8 Å². The molecule has 110 valence electrons. The summed E-state index contributed by atoms with van der Waals surface area (Å²) in [5.41, 5.74) is 0.549. The van der Waals surface area contributed by atoms with Crippen LogP contribution in [0.5, 0.6) is 0 Å². The van der Waals surface area contributed by atoms with E-state index in [2.05, 4.69) is 10.3 Å². The van der Waals surface area contributed by atoms with E-state index < -0.39 is 11.6 Å². The number of rotatable bonds is 4. The molecule has 1 saturated carbocycles. The summed E-state index contributed by atoms with van der Waals surface area (Å²) in [6, 6.07) is 3.45. The first-order valence-corrected chi connectivity index (χ1v) is 7.62. The molecule has 1 aromatic carbocycles. The van der Waals surface area contributed by atoms with Gasteiger partial charge in [-0.3, -0.25) is 4.79 Å². The number of hydrogen-bond acceptors (Lipinski definition) is 3. The number of carbonyl (C=O) groups is 1. The zero-order chi connectivity index (χ0) is 14.8. The van der Waals surface area contributed by atoms with E-state index in [0.717, 1.165) is 30.2 Å². The Morgan fingerprint density at radius 2 is 2.00 bits per heavy atom. The predicted molar refractivity (Wildman–Crippen MR) is 77.2 cm³/mol. The molecule has 1 fully saturated rings. The van der Waals surface area contributed by atoms with Gasteiger partial charge < -0.3 is 5.32 Å². The third-order valence-corrected chi connectivity index (χ3v) is 4.47. The van der Waals surface area contributed by atoms with Crippen molar-refractivity contribution < 1.29 is 13.6 Å². The molecule has 21 heavy (non-hydrogen) atoms. The number of hydrogen-bond donors (Lipinski definition) is 1. The molecule has 1 aromatic heterocycles. The molecule has 1 amide bonds. The lowest BCUT2D eigenvalue weighted by atomic mass is 9.85. The monoisotopic (exact) mass is 308 g/mol. The highest BCUT2D eigenvalue weighted by molar-refractivity contribution is 7.15. The number of aromatic nitrogens is 1. The third kappa shape index (κ3) is 3.44. The van der Waals surface area contributed by atoms with Crippen molar-refractivity contribution in [3.8, 4) is 0 Å². The predicted octanol–water partition coefficient (Wildman–Crippen LogP) is 3.75. The number of halogens is 2. The third-order valence-electron chi connectivity index (χ3n) is 3.56. The van der Waals surface area contributed by atoms with Crippen LogP contribution in [0.1, 0.15) is 29.7 Å². The highest BCUT2D eigenvalue weighted by Gasteiger charge is 2.25. The summed E-state index contributed by atoms with van der Waals surface area (Å²) in [6.45, 7) is 0. The lowest BCUT2D eigenvalue weighted by Crippen LogP contribution is -2.27. The molecule has 0 unspecified atom stereocenters. The van der Waals surface area contributed by atoms with Crippen LogP contribution in [0.3, 0.4) is 0 Å². The van der Waals surface area contributed by atoms with Gasteiger partial charge in [0.2, 0.25) is 5.91 Å². The maximum absolute atomic E-state index is 13.1. The maximum Gasteiger partial charge on any atom is 0.229 e. The molecule has 0 saturated heterocycles. The van der Waals surface area contributed by atoms with Gasteiger partial charge in [0.25, 0.3) is 0 Å². The molecule has 1 heterocycles. The molecule has 0 atom stereocenters. The van der Waals surface area contributed by atoms with Gasteiger partial charge >= 0.3 is 0 Å². The molecular formula is C15H14F2N2OS. The second-order valence-electron chi connectivity index (χ2n) is 5.20. The zero-order valence-electron chi connectivity index (χ0n) is 11.2. The number of nitrogens with zero attached hydrogens (tertiary/aromatic N) is 1. The Balaban J connectivity index is 1.65. The Kier molecular flexibility index (Phi) is 3.96. The molecule has 0 aliphatic heterocycles. The van der Waals surface area contributed by atoms with E-state index >= 15 is 0 Å². The Labute approximate surface area is 125 Å². The van der Waals surface area contributed by atoms with E-state index in [1.165, 1.54) is 23.5 Å². The van der Waals surface area contributed by atoms with Gasteiger partial charge in [-0.25, -0.2) is 13.8 Å². The fraction of sp³-hybridized carbons (Fsp3) is 0.333. The van der Waals surface area contributed by atoms with Crippen LogP contribution in [0.2, 0.25) is 0 Å². The first-order chi connectivity index (χ1) is 10.1. The van der Waals surface area contributed by atoms with Gasteiger partial charge in [-0.15, -0.1) is 11.3 Å². The van der Waals surface area contributed by atoms with E-state index in [0.29, 0.717) is 17.1 Å². The van der Waals surface area contributed by atoms with Crippen molar-refractivity contribution in [2.75, 3.05) is 5.32 Å². The van der Waals surface area contributed by atoms with E-state index in [9.17, 15) is 13.6 Å². The summed E-state index contributed by atoms with van der Waals surface area (Å²) in [4.78, 5) is 16.8. The van der Waals surface area contributed by atoms with Crippen LogP contribution in [-0.4, -0.2) is 10.9 Å². The SMILES string of the molecule is O=C(Nc1ncc(Cc2cc(F)cc(F)c2)s1)C1CCC1. The van der Waals surface area contributed by atoms with E-state index in [1.807, 2.05) is 0 Å². The van der Waals surface area contributed by atoms with Crippen LogP contribution < -0.4 is 5.32 Å². The number of nitrogens with one attached hydrogen (secondary N) is 1. The first kappa shape index (κ1) is 14.1. The average molecular weight is 308 g/mol. The Hall–Kier alpha value is -1.82. The molecule has 2 aromatic rings. The van der Waals surface area contributed by atoms with Crippen LogP contribution in [0.15, 0.2) is 24.4 Å². The highest BCUT2D eigenvalue weighted by Crippen LogP contribution is 2.29. The van der Waals surface area contributed by atoms with Crippen LogP contribution in [0, 0.1) is 17.6 Å². The van der Waals surface area contributed by atoms with Gasteiger partial charge in [-0.1, -0.05) is 6.42 Å². The molecule has 0 spiro atoms. The quantitative estimate of drug-likeness (QED) is 0.934. The summed E-state index contributed by atoms with van der Waals surface area (Å²) < 4.78 is 26.3. The molecule has 1 N–H and O–H groups in total. The summed E-state index contributed by atoms with van der Waals surface area (Å²) in [6.07, 6.45) is 5.00. The molecule has 1 aliphatic carbocycles. The number of amides is 1. The minimum absolute atomic E-state index is 0.0129. The lowest BCUT2D eigenvalue weighted by molar-refractivity contribution is -0.122. The van der Waals surface area contributed by atoms with Crippen LogP contribution in [0.25, 0.3) is 0 Å². The van der Waals surface area contributed by atoms with Crippen molar-refractivity contribution in [3.05, 3.63) is 46.5 Å². The van der Waals surface area contributed by atoms with Gasteiger partial charge in [-0.05, 0) is 30.5 Å². The first-order valence-electron chi connectivity index (χ1n) is 6.81. The molecule has 1 aliphatic rings. The van der Waals surface area contributed by atoms with Gasteiger partial charge in [0.05, 0.1) is 0 Å². The topological polar surface area (TPSA) is 42.0 Å². The second kappa shape index (κ2) is 5.89. The number of anilines is 1. The summed E-state index contributed by atoms with van der Waals surface area (Å²) >= 11 is 1.33. The molecule has 0 bridgehead atoms. The number of carbonyl (C=O) groups excluding carboxylic acids is 1. The highest BCUT2D eigenvalue weighted by atomic mass is 32.1. The molecule has 3 nitrogen and oxygen atoms in total. The fourth-order valence-electron chi connectivity index (χ4n) is 2.24. The summed E-state index contributed by atoms with van der Waals surface area (Å²) in [5.74, 6) is -1.06. The minimum Gasteiger partial charge on any atom is -0.302 e. The molecule has 0 radical (unpaired) electrons. The van der Waals surface area contributed by atoms with Crippen molar-refractivity contribution in [1.82, 2.24) is 4.98 Å². The zero-order valence-corrected chi connectivity index (χ0v) is 12.1. The van der Waals surface area contributed by atoms with Crippen LogP contribution in [0.4, 0.5) is 13.9 Å². The van der Waals surface area contributed by atoms with Gasteiger partial charge in [0.15, 0.2) is 5.13 Å². The second-order valence-corrected chi connectivity index (χ2v) is 6.32. The normalized spacial score (nSPS) is 14.8. The number of benzene rings is 1. The average Bonchev–Trinajstić information content (AvgIpc) is 2.72. The smallest absolute Gasteiger partial charge is 0.229 e.